The van der Waals surface area contributed by atoms with Crippen molar-refractivity contribution < 1.29 is 23.8 Å². The van der Waals surface area contributed by atoms with Crippen molar-refractivity contribution in [2.75, 3.05) is 13.7 Å². The van der Waals surface area contributed by atoms with Crippen LogP contribution in [0, 0.1) is 12.7 Å². The molecular formula is C27H22BrFN2O4. The predicted octanol–water partition coefficient (Wildman–Crippen LogP) is 5.72. The maximum absolute atomic E-state index is 14.6. The van der Waals surface area contributed by atoms with Crippen LogP contribution in [0.3, 0.4) is 0 Å². The van der Waals surface area contributed by atoms with Gasteiger partial charge in [-0.15, -0.1) is 0 Å². The zero-order valence-electron chi connectivity index (χ0n) is 19.0. The fourth-order valence-corrected chi connectivity index (χ4v) is 4.49. The van der Waals surface area contributed by atoms with Crippen molar-refractivity contribution in [2.24, 2.45) is 0 Å². The summed E-state index contributed by atoms with van der Waals surface area (Å²) in [4.78, 5) is 30.3. The summed E-state index contributed by atoms with van der Waals surface area (Å²) in [7, 11) is 1.34. The molecule has 178 valence electrons. The first-order valence-corrected chi connectivity index (χ1v) is 11.6. The summed E-state index contributed by atoms with van der Waals surface area (Å²) >= 11 is 3.45. The van der Waals surface area contributed by atoms with Crippen LogP contribution in [-0.2, 0) is 4.79 Å². The largest absolute Gasteiger partial charge is 0.496 e. The smallest absolute Gasteiger partial charge is 0.313 e. The Morgan fingerprint density at radius 2 is 1.86 bits per heavy atom. The second kappa shape index (κ2) is 10.2. The maximum atomic E-state index is 14.6. The van der Waals surface area contributed by atoms with E-state index in [9.17, 15) is 19.1 Å². The molecule has 1 aromatic heterocycles. The summed E-state index contributed by atoms with van der Waals surface area (Å²) in [5, 5.41) is 13.1. The van der Waals surface area contributed by atoms with Gasteiger partial charge in [-0.3, -0.25) is 9.59 Å². The van der Waals surface area contributed by atoms with Gasteiger partial charge < -0.3 is 15.2 Å². The Bertz CT molecular complexity index is 1430. The summed E-state index contributed by atoms with van der Waals surface area (Å²) in [5.41, 5.74) is 3.02. The molecule has 6 nitrogen and oxygen atoms in total. The Morgan fingerprint density at radius 3 is 2.54 bits per heavy atom. The van der Waals surface area contributed by atoms with Crippen LogP contribution < -0.4 is 10.1 Å². The molecule has 35 heavy (non-hydrogen) atoms. The number of carboxylic acids is 1. The maximum Gasteiger partial charge on any atom is 0.313 e. The molecule has 4 rings (SSSR count). The minimum absolute atomic E-state index is 0.104. The van der Waals surface area contributed by atoms with E-state index in [-0.39, 0.29) is 17.9 Å². The Kier molecular flexibility index (Phi) is 7.12. The number of hydrogen-bond donors (Lipinski definition) is 2. The molecule has 1 amide bonds. The standard InChI is InChI=1S/C27H22BrFN2O4/c1-15-23(18-13-17(28)11-12-21(18)31-25(15)16-7-4-3-5-8-16)26(32)30-14-19(27(33)34)24-20(29)9-6-10-22(24)35-2/h3-13,19H,14H2,1-2H3,(H,30,32)(H,33,34)/t19-/m1/s1. The lowest BCUT2D eigenvalue weighted by Crippen LogP contribution is -2.33. The SMILES string of the molecule is COc1cccc(F)c1[C@@H](CNC(=O)c1c(C)c(-c2ccccc2)nc2ccc(Br)cc12)C(=O)O. The van der Waals surface area contributed by atoms with Crippen LogP contribution in [0.1, 0.15) is 27.4 Å². The molecule has 3 aromatic carbocycles. The van der Waals surface area contributed by atoms with Crippen molar-refractivity contribution >= 4 is 38.7 Å². The first-order chi connectivity index (χ1) is 16.8. The molecule has 4 aromatic rings. The van der Waals surface area contributed by atoms with Crippen LogP contribution in [-0.4, -0.2) is 35.6 Å². The monoisotopic (exact) mass is 536 g/mol. The molecule has 1 atom stereocenters. The van der Waals surface area contributed by atoms with Crippen LogP contribution in [0.25, 0.3) is 22.2 Å². The highest BCUT2D eigenvalue weighted by molar-refractivity contribution is 9.10. The van der Waals surface area contributed by atoms with Gasteiger partial charge in [-0.25, -0.2) is 9.37 Å². The molecule has 0 bridgehead atoms. The first kappa shape index (κ1) is 24.3. The number of carbonyl (C=O) groups excluding carboxylic acids is 1. The van der Waals surface area contributed by atoms with Gasteiger partial charge in [0.05, 0.1) is 23.9 Å². The van der Waals surface area contributed by atoms with Gasteiger partial charge in [0.1, 0.15) is 17.5 Å². The number of benzene rings is 3. The Hall–Kier alpha value is -3.78. The summed E-state index contributed by atoms with van der Waals surface area (Å²) in [5.74, 6) is -3.72. The van der Waals surface area contributed by atoms with Gasteiger partial charge in [-0.05, 0) is 42.8 Å². The average molecular weight is 537 g/mol. The molecule has 0 aliphatic heterocycles. The molecule has 1 heterocycles. The fraction of sp³-hybridized carbons (Fsp3) is 0.148. The third-order valence-corrected chi connectivity index (χ3v) is 6.30. The Morgan fingerprint density at radius 1 is 1.11 bits per heavy atom. The molecule has 0 radical (unpaired) electrons. The number of hydrogen-bond acceptors (Lipinski definition) is 4. The van der Waals surface area contributed by atoms with Crippen LogP contribution in [0.5, 0.6) is 5.75 Å². The number of carboxylic acid groups (broad SMARTS) is 1. The molecule has 0 fully saturated rings. The number of methoxy groups -OCH3 is 1. The topological polar surface area (TPSA) is 88.5 Å². The zero-order valence-corrected chi connectivity index (χ0v) is 20.6. The molecule has 0 saturated carbocycles. The van der Waals surface area contributed by atoms with Crippen LogP contribution in [0.4, 0.5) is 4.39 Å². The van der Waals surface area contributed by atoms with Crippen molar-refractivity contribution in [3.63, 3.8) is 0 Å². The normalized spacial score (nSPS) is 11.8. The van der Waals surface area contributed by atoms with E-state index in [1.807, 2.05) is 42.5 Å². The number of nitrogens with one attached hydrogen (secondary N) is 1. The summed E-state index contributed by atoms with van der Waals surface area (Å²) < 4.78 is 20.5. The van der Waals surface area contributed by atoms with Gasteiger partial charge in [0, 0.05) is 27.5 Å². The molecular weight excluding hydrogens is 515 g/mol. The predicted molar refractivity (Wildman–Crippen MR) is 135 cm³/mol. The highest BCUT2D eigenvalue weighted by Crippen LogP contribution is 2.32. The molecule has 0 unspecified atom stereocenters. The Labute approximate surface area is 209 Å². The fourth-order valence-electron chi connectivity index (χ4n) is 4.13. The number of nitrogens with zero attached hydrogens (tertiary/aromatic N) is 1. The minimum atomic E-state index is -1.34. The highest BCUT2D eigenvalue weighted by atomic mass is 79.9. The second-order valence-electron chi connectivity index (χ2n) is 7.94. The summed E-state index contributed by atoms with van der Waals surface area (Å²) in [6, 6.07) is 19.0. The number of aliphatic carboxylic acids is 1. The van der Waals surface area contributed by atoms with Gasteiger partial charge >= 0.3 is 5.97 Å². The third-order valence-electron chi connectivity index (χ3n) is 5.81. The van der Waals surface area contributed by atoms with Gasteiger partial charge in [-0.2, -0.15) is 0 Å². The number of ether oxygens (including phenoxy) is 1. The van der Waals surface area contributed by atoms with E-state index in [1.165, 1.54) is 25.3 Å². The number of carbonyl (C=O) groups is 2. The minimum Gasteiger partial charge on any atom is -0.496 e. The number of amides is 1. The first-order valence-electron chi connectivity index (χ1n) is 10.8. The van der Waals surface area contributed by atoms with Crippen LogP contribution >= 0.6 is 15.9 Å². The van der Waals surface area contributed by atoms with E-state index in [0.29, 0.717) is 27.7 Å². The number of rotatable bonds is 7. The lowest BCUT2D eigenvalue weighted by molar-refractivity contribution is -0.138. The van der Waals surface area contributed by atoms with Gasteiger partial charge in [0.2, 0.25) is 0 Å². The third kappa shape index (κ3) is 4.88. The van der Waals surface area contributed by atoms with Crippen LogP contribution in [0.2, 0.25) is 0 Å². The van der Waals surface area contributed by atoms with Crippen molar-refractivity contribution in [2.45, 2.75) is 12.8 Å². The van der Waals surface area contributed by atoms with Gasteiger partial charge in [0.25, 0.3) is 5.91 Å². The van der Waals surface area contributed by atoms with Crippen LogP contribution in [0.15, 0.2) is 71.2 Å². The van der Waals surface area contributed by atoms with E-state index in [0.717, 1.165) is 10.0 Å². The molecule has 0 aliphatic carbocycles. The lowest BCUT2D eigenvalue weighted by Gasteiger charge is -2.19. The molecule has 0 spiro atoms. The lowest BCUT2D eigenvalue weighted by atomic mass is 9.95. The van der Waals surface area contributed by atoms with E-state index in [4.69, 9.17) is 9.72 Å². The second-order valence-corrected chi connectivity index (χ2v) is 8.86. The Balaban J connectivity index is 1.76. The van der Waals surface area contributed by atoms with E-state index < -0.39 is 23.6 Å². The number of pyridine rings is 1. The number of aromatic nitrogens is 1. The van der Waals surface area contributed by atoms with Gasteiger partial charge in [0.15, 0.2) is 0 Å². The summed E-state index contributed by atoms with van der Waals surface area (Å²) in [6.45, 7) is 1.47. The number of halogens is 2. The van der Waals surface area contributed by atoms with E-state index in [1.54, 1.807) is 13.0 Å². The van der Waals surface area contributed by atoms with E-state index >= 15 is 0 Å². The van der Waals surface area contributed by atoms with E-state index in [2.05, 4.69) is 21.2 Å². The molecule has 8 heteroatoms. The summed E-state index contributed by atoms with van der Waals surface area (Å²) in [6.07, 6.45) is 0. The van der Waals surface area contributed by atoms with Gasteiger partial charge in [-0.1, -0.05) is 52.3 Å². The van der Waals surface area contributed by atoms with Crippen molar-refractivity contribution in [3.05, 3.63) is 93.7 Å². The van der Waals surface area contributed by atoms with Crippen molar-refractivity contribution in [3.8, 4) is 17.0 Å². The highest BCUT2D eigenvalue weighted by Gasteiger charge is 2.28. The molecule has 0 saturated heterocycles. The number of fused-ring (bicyclic) bond motifs is 1. The molecule has 0 aliphatic rings. The molecule has 2 N–H and O–H groups in total. The van der Waals surface area contributed by atoms with Crippen molar-refractivity contribution in [1.29, 1.82) is 0 Å². The quantitative estimate of drug-likeness (QED) is 0.315. The zero-order chi connectivity index (χ0) is 25.1. The van der Waals surface area contributed by atoms with Crippen molar-refractivity contribution in [1.82, 2.24) is 10.3 Å². The average Bonchev–Trinajstić information content (AvgIpc) is 2.84.